The molecule has 8 heteroatoms. The quantitative estimate of drug-likeness (QED) is 0.874. The number of hydrogen-bond donors (Lipinski definition) is 1. The van der Waals surface area contributed by atoms with E-state index < -0.39 is 0 Å². The molecule has 1 atom stereocenters. The van der Waals surface area contributed by atoms with Gasteiger partial charge in [0.25, 0.3) is 0 Å². The van der Waals surface area contributed by atoms with Gasteiger partial charge in [-0.15, -0.1) is 10.2 Å². The maximum absolute atomic E-state index is 12.9. The lowest BCUT2D eigenvalue weighted by Gasteiger charge is -2.36. The smallest absolute Gasteiger partial charge is 0.225 e. The number of amides is 1. The van der Waals surface area contributed by atoms with Crippen LogP contribution in [0.3, 0.4) is 0 Å². The Balaban J connectivity index is 1.42. The first-order valence-electron chi connectivity index (χ1n) is 9.94. The molecule has 3 heterocycles. The van der Waals surface area contributed by atoms with Crippen molar-refractivity contribution >= 4 is 5.91 Å². The number of piperidine rings is 1. The molecule has 2 aromatic heterocycles. The van der Waals surface area contributed by atoms with E-state index in [0.717, 1.165) is 56.7 Å². The van der Waals surface area contributed by atoms with Crippen LogP contribution in [0.25, 0.3) is 0 Å². The second kappa shape index (κ2) is 7.80. The molecule has 0 aromatic carbocycles. The van der Waals surface area contributed by atoms with Gasteiger partial charge in [-0.25, -0.2) is 0 Å². The lowest BCUT2D eigenvalue weighted by Crippen LogP contribution is -2.43. The minimum atomic E-state index is -0.227. The fourth-order valence-electron chi connectivity index (χ4n) is 4.38. The van der Waals surface area contributed by atoms with E-state index in [-0.39, 0.29) is 23.8 Å². The standard InChI is InChI=1S/C19H28N6O2/c1-23-17(13-25-11-3-9-20-25)21-22-18(23)15-4-2-10-24(12-15)19(27)14-5-7-16(26)8-6-14/h3,9,11,14-16,26H,2,4-8,10,12-13H2,1H3/t14?,15-,16?/m1/s1. The predicted molar refractivity (Wildman–Crippen MR) is 98.9 cm³/mol. The summed E-state index contributed by atoms with van der Waals surface area (Å²) in [6.07, 6.45) is 8.56. The van der Waals surface area contributed by atoms with Gasteiger partial charge in [0.2, 0.25) is 5.91 Å². The molecule has 1 saturated carbocycles. The molecule has 0 bridgehead atoms. The molecule has 1 aliphatic carbocycles. The lowest BCUT2D eigenvalue weighted by atomic mass is 9.85. The number of aliphatic hydroxyl groups excluding tert-OH is 1. The van der Waals surface area contributed by atoms with E-state index in [1.54, 1.807) is 6.20 Å². The zero-order valence-corrected chi connectivity index (χ0v) is 15.9. The van der Waals surface area contributed by atoms with Gasteiger partial charge in [0, 0.05) is 44.4 Å². The third-order valence-electron chi connectivity index (χ3n) is 6.01. The summed E-state index contributed by atoms with van der Waals surface area (Å²) < 4.78 is 3.89. The molecule has 0 spiro atoms. The monoisotopic (exact) mass is 372 g/mol. The van der Waals surface area contributed by atoms with Crippen LogP contribution in [0.4, 0.5) is 0 Å². The summed E-state index contributed by atoms with van der Waals surface area (Å²) in [7, 11) is 2.00. The fourth-order valence-corrected chi connectivity index (χ4v) is 4.38. The van der Waals surface area contributed by atoms with Crippen LogP contribution in [0.15, 0.2) is 18.5 Å². The molecule has 1 saturated heterocycles. The number of hydrogen-bond acceptors (Lipinski definition) is 5. The second-order valence-corrected chi connectivity index (χ2v) is 7.87. The first-order chi connectivity index (χ1) is 13.1. The molecule has 0 radical (unpaired) electrons. The molecule has 2 fully saturated rings. The number of aliphatic hydroxyl groups is 1. The number of likely N-dealkylation sites (tertiary alicyclic amines) is 1. The van der Waals surface area contributed by atoms with Crippen LogP contribution in [0, 0.1) is 5.92 Å². The minimum absolute atomic E-state index is 0.0713. The van der Waals surface area contributed by atoms with Gasteiger partial charge in [0.15, 0.2) is 5.82 Å². The zero-order chi connectivity index (χ0) is 18.8. The summed E-state index contributed by atoms with van der Waals surface area (Å²) in [6, 6.07) is 1.90. The van der Waals surface area contributed by atoms with Gasteiger partial charge in [-0.2, -0.15) is 5.10 Å². The molecule has 1 N–H and O–H groups in total. The van der Waals surface area contributed by atoms with Gasteiger partial charge in [-0.05, 0) is 44.6 Å². The third kappa shape index (κ3) is 3.90. The maximum Gasteiger partial charge on any atom is 0.225 e. The van der Waals surface area contributed by atoms with Gasteiger partial charge < -0.3 is 14.6 Å². The summed E-state index contributed by atoms with van der Waals surface area (Å²) in [5, 5.41) is 22.7. The molecule has 2 aromatic rings. The Labute approximate surface area is 159 Å². The Morgan fingerprint density at radius 3 is 2.78 bits per heavy atom. The zero-order valence-electron chi connectivity index (χ0n) is 15.9. The predicted octanol–water partition coefficient (Wildman–Crippen LogP) is 1.32. The Morgan fingerprint density at radius 1 is 1.22 bits per heavy atom. The summed E-state index contributed by atoms with van der Waals surface area (Å²) in [5.74, 6) is 2.38. The number of nitrogens with zero attached hydrogens (tertiary/aromatic N) is 6. The first-order valence-corrected chi connectivity index (χ1v) is 9.94. The second-order valence-electron chi connectivity index (χ2n) is 7.87. The lowest BCUT2D eigenvalue weighted by molar-refractivity contribution is -0.138. The van der Waals surface area contributed by atoms with Gasteiger partial charge in [0.1, 0.15) is 12.4 Å². The van der Waals surface area contributed by atoms with E-state index in [4.69, 9.17) is 0 Å². The highest BCUT2D eigenvalue weighted by Crippen LogP contribution is 2.30. The summed E-state index contributed by atoms with van der Waals surface area (Å²) in [5.41, 5.74) is 0. The van der Waals surface area contributed by atoms with Crippen molar-refractivity contribution in [2.24, 2.45) is 13.0 Å². The van der Waals surface area contributed by atoms with Crippen molar-refractivity contribution in [3.63, 3.8) is 0 Å². The Hall–Kier alpha value is -2.22. The van der Waals surface area contributed by atoms with E-state index in [9.17, 15) is 9.90 Å². The minimum Gasteiger partial charge on any atom is -0.393 e. The molecular weight excluding hydrogens is 344 g/mol. The maximum atomic E-state index is 12.9. The van der Waals surface area contributed by atoms with Gasteiger partial charge in [-0.3, -0.25) is 9.48 Å². The SMILES string of the molecule is Cn1c(Cn2cccn2)nnc1[C@@H]1CCCN(C(=O)C2CCC(O)CC2)C1. The molecule has 146 valence electrons. The van der Waals surface area contributed by atoms with Crippen molar-refractivity contribution in [2.45, 2.75) is 57.1 Å². The largest absolute Gasteiger partial charge is 0.393 e. The van der Waals surface area contributed by atoms with Crippen molar-refractivity contribution in [1.82, 2.24) is 29.4 Å². The molecule has 1 aliphatic heterocycles. The van der Waals surface area contributed by atoms with E-state index in [1.807, 2.05) is 28.9 Å². The highest BCUT2D eigenvalue weighted by Gasteiger charge is 2.33. The Bertz CT molecular complexity index is 763. The Morgan fingerprint density at radius 2 is 2.04 bits per heavy atom. The van der Waals surface area contributed by atoms with Crippen molar-refractivity contribution in [3.05, 3.63) is 30.1 Å². The van der Waals surface area contributed by atoms with E-state index in [2.05, 4.69) is 19.9 Å². The van der Waals surface area contributed by atoms with Gasteiger partial charge >= 0.3 is 0 Å². The van der Waals surface area contributed by atoms with E-state index in [0.29, 0.717) is 13.1 Å². The number of carbonyl (C=O) groups excluding carboxylic acids is 1. The summed E-state index contributed by atoms with van der Waals surface area (Å²) >= 11 is 0. The van der Waals surface area contributed by atoms with Crippen LogP contribution in [0.1, 0.15) is 56.1 Å². The number of rotatable bonds is 4. The molecule has 1 amide bonds. The van der Waals surface area contributed by atoms with Crippen LogP contribution >= 0.6 is 0 Å². The topological polar surface area (TPSA) is 89.1 Å². The molecular formula is C19H28N6O2. The van der Waals surface area contributed by atoms with E-state index in [1.165, 1.54) is 0 Å². The Kier molecular flexibility index (Phi) is 5.24. The summed E-state index contributed by atoms with van der Waals surface area (Å²) in [6.45, 7) is 2.13. The first kappa shape index (κ1) is 18.2. The van der Waals surface area contributed by atoms with Crippen molar-refractivity contribution in [2.75, 3.05) is 13.1 Å². The van der Waals surface area contributed by atoms with Crippen molar-refractivity contribution in [1.29, 1.82) is 0 Å². The third-order valence-corrected chi connectivity index (χ3v) is 6.01. The number of aromatic nitrogens is 5. The van der Waals surface area contributed by atoms with Crippen molar-refractivity contribution in [3.8, 4) is 0 Å². The van der Waals surface area contributed by atoms with Crippen LogP contribution in [0.2, 0.25) is 0 Å². The van der Waals surface area contributed by atoms with Crippen LogP contribution in [-0.4, -0.2) is 59.7 Å². The summed E-state index contributed by atoms with van der Waals surface area (Å²) in [4.78, 5) is 14.9. The highest BCUT2D eigenvalue weighted by atomic mass is 16.3. The average Bonchev–Trinajstić information content (AvgIpc) is 3.33. The molecule has 0 unspecified atom stereocenters. The van der Waals surface area contributed by atoms with Gasteiger partial charge in [0.05, 0.1) is 6.10 Å². The van der Waals surface area contributed by atoms with Gasteiger partial charge in [-0.1, -0.05) is 0 Å². The van der Waals surface area contributed by atoms with Crippen molar-refractivity contribution < 1.29 is 9.90 Å². The molecule has 27 heavy (non-hydrogen) atoms. The molecule has 4 rings (SSSR count). The normalized spacial score (nSPS) is 26.3. The fraction of sp³-hybridized carbons (Fsp3) is 0.684. The molecule has 8 nitrogen and oxygen atoms in total. The van der Waals surface area contributed by atoms with Crippen LogP contribution < -0.4 is 0 Å². The van der Waals surface area contributed by atoms with Crippen LogP contribution in [-0.2, 0) is 18.4 Å². The average molecular weight is 372 g/mol. The highest BCUT2D eigenvalue weighted by molar-refractivity contribution is 5.79. The number of carbonyl (C=O) groups is 1. The van der Waals surface area contributed by atoms with E-state index >= 15 is 0 Å². The van der Waals surface area contributed by atoms with Crippen LogP contribution in [0.5, 0.6) is 0 Å². The molecule has 2 aliphatic rings.